The number of H-pyrrole nitrogens is 2. The van der Waals surface area contributed by atoms with Gasteiger partial charge in [0.05, 0.1) is 44.6 Å². The smallest absolute Gasteiger partial charge is 0.227 e. The van der Waals surface area contributed by atoms with Crippen LogP contribution in [-0.4, -0.2) is 147 Å². The van der Waals surface area contributed by atoms with E-state index < -0.39 is 0 Å². The molecule has 0 fully saturated rings. The number of aliphatic hydroxyl groups excluding tert-OH is 2. The maximum Gasteiger partial charge on any atom is 0.227 e. The number of anilines is 4. The van der Waals surface area contributed by atoms with Crippen molar-refractivity contribution in [3.63, 3.8) is 0 Å². The maximum atomic E-state index is 7.57. The monoisotopic (exact) mass is 1500 g/mol. The zero-order valence-corrected chi connectivity index (χ0v) is 63.6. The number of ether oxygens (including phenoxy) is 2. The number of aliphatic hydroxyl groups is 2. The molecule has 0 amide bonds. The van der Waals surface area contributed by atoms with Gasteiger partial charge in [0.25, 0.3) is 0 Å². The van der Waals surface area contributed by atoms with Crippen LogP contribution in [0, 0.1) is 0 Å². The summed E-state index contributed by atoms with van der Waals surface area (Å²) in [6, 6.07) is 41.3. The Kier molecular flexibility index (Phi) is 40.7. The predicted molar refractivity (Wildman–Crippen MR) is 417 cm³/mol. The Labute approximate surface area is 622 Å². The van der Waals surface area contributed by atoms with Crippen molar-refractivity contribution in [2.45, 2.75) is 138 Å². The first-order chi connectivity index (χ1) is 49.2. The van der Waals surface area contributed by atoms with Gasteiger partial charge in [-0.3, -0.25) is 0 Å². The Morgan fingerprint density at radius 2 is 0.873 bits per heavy atom. The number of aromatic nitrogens is 16. The molecular formula is C71H97Cl5N22O4. The fourth-order valence-electron chi connectivity index (χ4n) is 8.52. The van der Waals surface area contributed by atoms with Crippen LogP contribution in [0.25, 0.3) is 44.7 Å². The van der Waals surface area contributed by atoms with E-state index in [9.17, 15) is 0 Å². The summed E-state index contributed by atoms with van der Waals surface area (Å²) < 4.78 is 14.1. The number of rotatable bonds is 20. The number of nitrogens with two attached hydrogens (primary N) is 2. The number of nitrogens with one attached hydrogen (secondary N) is 6. The van der Waals surface area contributed by atoms with E-state index in [4.69, 9.17) is 99.1 Å². The van der Waals surface area contributed by atoms with E-state index >= 15 is 0 Å². The van der Waals surface area contributed by atoms with Crippen molar-refractivity contribution in [3.05, 3.63) is 190 Å². The predicted octanol–water partition coefficient (Wildman–Crippen LogP) is 15.0. The third-order valence-electron chi connectivity index (χ3n) is 13.5. The minimum atomic E-state index is 0.106. The zero-order chi connectivity index (χ0) is 74.8. The fraction of sp³-hybridized carbons (Fsp3) is 0.380. The highest BCUT2D eigenvalue weighted by Gasteiger charge is 2.18. The Morgan fingerprint density at radius 1 is 0.490 bits per heavy atom. The zero-order valence-electron chi connectivity index (χ0n) is 59.8. The van der Waals surface area contributed by atoms with Crippen LogP contribution < -0.4 is 32.7 Å². The van der Waals surface area contributed by atoms with Gasteiger partial charge in [-0.05, 0) is 125 Å². The van der Waals surface area contributed by atoms with Crippen LogP contribution in [-0.2, 0) is 35.7 Å². The molecule has 12 rings (SSSR count). The molecule has 550 valence electrons. The Balaban J connectivity index is 0.000000265. The molecule has 8 heterocycles. The molecule has 102 heavy (non-hydrogen) atoms. The summed E-state index contributed by atoms with van der Waals surface area (Å²) in [5, 5.41) is 29.6. The van der Waals surface area contributed by atoms with Crippen molar-refractivity contribution in [2.75, 3.05) is 61.9 Å². The summed E-state index contributed by atoms with van der Waals surface area (Å²) >= 11 is 28.4. The number of methoxy groups -OCH3 is 2. The molecule has 0 spiro atoms. The normalized spacial score (nSPS) is 11.1. The number of nitrogens with zero attached hydrogens (tertiary/aromatic N) is 14. The summed E-state index contributed by atoms with van der Waals surface area (Å²) in [7, 11) is 3.37. The molecule has 12 N–H and O–H groups in total. The third kappa shape index (κ3) is 30.6. The Morgan fingerprint density at radius 3 is 1.27 bits per heavy atom. The lowest BCUT2D eigenvalue weighted by Crippen LogP contribution is -2.25. The standard InChI is InChI=1S/C20H28N6O.C15H16ClN5.C12H10ClN5.C7H9N.C5H2Cl2N4.C5H13NO.C3H7Cl.2C2H6O/c1-5-16(12-27-4)23-20-24-18(21-11-15-9-7-6-8-10-15)17-19(25-20)26(13-22-17)14(2)3;1-10(2)21-9-18-12-13(19-15(16)20-14(12)21)17-8-11-6-4-3-5-7-11;13-12-17-10(9-11(18-12)16-7-15-9)14-6-8-4-2-1-3-5-8;8-6-7-4-2-1-3-5-7;6-3-2-4(9-1-8-2)11-5(7)10-3;1-3-5(6)4-7-2;1-3(2)4;2*1-2-3/h6-10,13-14,16H,5,11-12H2,1-4H3,(H2,21,23,24,25);3-7,9-10H,8H2,1-2H3,(H,17,19,20);1-5,7H,6H2,(H2,14,15,16,17,18);1-5H,6,8H2;1H,(H,8,9,10,11);5H,3-4,6H2,1-2H3;3H,1-2H3;2*3H,2H2,1H3/t16-;;;;;5-;;;/m1....1.../s1. The molecule has 0 aliphatic carbocycles. The molecule has 8 aromatic heterocycles. The highest BCUT2D eigenvalue weighted by molar-refractivity contribution is 6.35. The second-order valence-corrected chi connectivity index (χ2v) is 24.8. The summed E-state index contributed by atoms with van der Waals surface area (Å²) in [5.41, 5.74) is 21.0. The van der Waals surface area contributed by atoms with Gasteiger partial charge in [-0.15, -0.1) is 11.6 Å². The number of fused-ring (bicyclic) bond motifs is 4. The Bertz CT molecular complexity index is 4190. The second kappa shape index (κ2) is 48.4. The lowest BCUT2D eigenvalue weighted by Gasteiger charge is -2.17. The van der Waals surface area contributed by atoms with Gasteiger partial charge < -0.3 is 71.5 Å². The Hall–Kier alpha value is -8.51. The van der Waals surface area contributed by atoms with Gasteiger partial charge in [0, 0.05) is 77.1 Å². The van der Waals surface area contributed by atoms with Crippen molar-refractivity contribution in [2.24, 2.45) is 11.5 Å². The van der Waals surface area contributed by atoms with Crippen LogP contribution in [0.15, 0.2) is 147 Å². The average Bonchev–Trinajstić information content (AvgIpc) is 1.65. The molecule has 0 saturated heterocycles. The molecule has 2 atom stereocenters. The minimum Gasteiger partial charge on any atom is -0.397 e. The first kappa shape index (κ1) is 85.9. The van der Waals surface area contributed by atoms with Crippen molar-refractivity contribution in [1.82, 2.24) is 78.9 Å². The molecule has 0 unspecified atom stereocenters. The summed E-state index contributed by atoms with van der Waals surface area (Å²) in [4.78, 5) is 56.4. The van der Waals surface area contributed by atoms with E-state index in [-0.39, 0.29) is 58.4 Å². The summed E-state index contributed by atoms with van der Waals surface area (Å²) in [5.74, 6) is 2.64. The van der Waals surface area contributed by atoms with Crippen LogP contribution in [0.4, 0.5) is 23.4 Å². The van der Waals surface area contributed by atoms with E-state index in [0.29, 0.717) is 79.2 Å². The first-order valence-corrected chi connectivity index (χ1v) is 35.1. The van der Waals surface area contributed by atoms with Crippen molar-refractivity contribution >= 4 is 126 Å². The lowest BCUT2D eigenvalue weighted by atomic mass is 10.2. The highest BCUT2D eigenvalue weighted by atomic mass is 35.5. The number of benzene rings is 4. The number of hydrogen-bond donors (Lipinski definition) is 10. The van der Waals surface area contributed by atoms with Crippen LogP contribution in [0.5, 0.6) is 0 Å². The number of alkyl halides is 1. The number of aromatic amines is 2. The molecule has 0 aliphatic heterocycles. The second-order valence-electron chi connectivity index (χ2n) is 22.6. The quantitative estimate of drug-likeness (QED) is 0.0192. The first-order valence-electron chi connectivity index (χ1n) is 33.1. The number of imidazole rings is 4. The fourth-order valence-corrected chi connectivity index (χ4v) is 9.27. The minimum absolute atomic E-state index is 0.106. The van der Waals surface area contributed by atoms with Crippen molar-refractivity contribution in [1.29, 1.82) is 0 Å². The van der Waals surface area contributed by atoms with Crippen LogP contribution in [0.2, 0.25) is 21.0 Å². The van der Waals surface area contributed by atoms with E-state index in [1.54, 1.807) is 40.7 Å². The van der Waals surface area contributed by atoms with Crippen molar-refractivity contribution < 1.29 is 19.7 Å². The van der Waals surface area contributed by atoms with E-state index in [1.807, 2.05) is 129 Å². The highest BCUT2D eigenvalue weighted by Crippen LogP contribution is 2.27. The van der Waals surface area contributed by atoms with Crippen LogP contribution in [0.1, 0.15) is 116 Å². The summed E-state index contributed by atoms with van der Waals surface area (Å²) in [6.45, 7) is 24.2. The molecular weight excluding hydrogens is 1400 g/mol. The van der Waals surface area contributed by atoms with E-state index in [2.05, 4.69) is 145 Å². The van der Waals surface area contributed by atoms with Crippen LogP contribution in [0.3, 0.4) is 0 Å². The van der Waals surface area contributed by atoms with Crippen molar-refractivity contribution in [3.8, 4) is 0 Å². The lowest BCUT2D eigenvalue weighted by molar-refractivity contribution is 0.179. The molecule has 0 aliphatic rings. The largest absolute Gasteiger partial charge is 0.397 e. The number of halogens is 5. The summed E-state index contributed by atoms with van der Waals surface area (Å²) in [6.07, 6.45) is 8.58. The van der Waals surface area contributed by atoms with Gasteiger partial charge in [-0.1, -0.05) is 147 Å². The van der Waals surface area contributed by atoms with Gasteiger partial charge in [0.1, 0.15) is 11.0 Å². The molecule has 0 bridgehead atoms. The van der Waals surface area contributed by atoms with E-state index in [1.165, 1.54) is 28.6 Å². The maximum absolute atomic E-state index is 7.57. The van der Waals surface area contributed by atoms with Crippen LogP contribution >= 0.6 is 58.0 Å². The van der Waals surface area contributed by atoms with Gasteiger partial charge in [0.2, 0.25) is 21.8 Å². The molecule has 4 aromatic carbocycles. The topological polar surface area (TPSA) is 355 Å². The molecule has 0 saturated carbocycles. The van der Waals surface area contributed by atoms with Gasteiger partial charge in [-0.25, -0.2) is 24.9 Å². The van der Waals surface area contributed by atoms with Gasteiger partial charge in [0.15, 0.2) is 56.2 Å². The molecule has 26 nitrogen and oxygen atoms in total. The molecule has 31 heteroatoms. The molecule has 12 aromatic rings. The van der Waals surface area contributed by atoms with Gasteiger partial charge >= 0.3 is 0 Å². The molecule has 0 radical (unpaired) electrons. The average molecular weight is 1500 g/mol. The van der Waals surface area contributed by atoms with Gasteiger partial charge in [-0.2, -0.15) is 34.9 Å². The SMILES string of the molecule is CC(C)Cl.CC(C)n1cnc2c(NCc3ccccc3)nc(Cl)nc21.CCO.CCO.CC[C@@H](N)COC.CC[C@H](COC)Nc1nc(NCc2ccccc2)c2ncn(C(C)C)c2n1.Clc1nc(Cl)c2[nH]cnc2n1.Clc1nc(NCc2ccccc2)c2[nH]cnc2n1.NCc1ccccc1. The number of hydrogen-bond acceptors (Lipinski definition) is 22. The third-order valence-corrected chi connectivity index (χ3v) is 14.3. The van der Waals surface area contributed by atoms with E-state index in [0.717, 1.165) is 46.5 Å².